The average Bonchev–Trinajstić information content (AvgIpc) is 2.65. The second-order valence-corrected chi connectivity index (χ2v) is 7.13. The van der Waals surface area contributed by atoms with Crippen LogP contribution < -0.4 is 9.46 Å². The lowest BCUT2D eigenvalue weighted by Crippen LogP contribution is -2.15. The van der Waals surface area contributed by atoms with E-state index < -0.39 is 27.7 Å². The molecule has 0 amide bonds. The van der Waals surface area contributed by atoms with Crippen molar-refractivity contribution >= 4 is 27.8 Å². The number of halogens is 3. The molecule has 0 aliphatic heterocycles. The second-order valence-electron chi connectivity index (χ2n) is 5.45. The molecule has 0 fully saturated rings. The Balaban J connectivity index is 2.39. The van der Waals surface area contributed by atoms with E-state index >= 15 is 0 Å². The molecule has 2 rings (SSSR count). The van der Waals surface area contributed by atoms with Crippen LogP contribution in [0.15, 0.2) is 53.4 Å². The van der Waals surface area contributed by atoms with Crippen molar-refractivity contribution in [1.29, 1.82) is 0 Å². The zero-order chi connectivity index (χ0) is 20.9. The number of carbonyl (C=O) groups excluding carboxylic acids is 1. The van der Waals surface area contributed by atoms with Gasteiger partial charge in [0.1, 0.15) is 5.75 Å². The van der Waals surface area contributed by atoms with Gasteiger partial charge >= 0.3 is 12.1 Å². The smallest absolute Gasteiger partial charge is 0.416 e. The normalized spacial score (nSPS) is 12.0. The van der Waals surface area contributed by atoms with Crippen LogP contribution in [0.2, 0.25) is 0 Å². The molecular formula is C18H16F3NO5S. The van der Waals surface area contributed by atoms with Gasteiger partial charge in [-0.3, -0.25) is 4.72 Å². The summed E-state index contributed by atoms with van der Waals surface area (Å²) in [5.41, 5.74) is -1.00. The van der Waals surface area contributed by atoms with E-state index in [9.17, 15) is 26.4 Å². The van der Waals surface area contributed by atoms with Crippen LogP contribution in [0, 0.1) is 0 Å². The molecule has 150 valence electrons. The number of alkyl halides is 3. The van der Waals surface area contributed by atoms with Gasteiger partial charge in [0.05, 0.1) is 30.4 Å². The minimum Gasteiger partial charge on any atom is -0.495 e. The minimum atomic E-state index is -4.65. The van der Waals surface area contributed by atoms with Crippen molar-refractivity contribution in [3.63, 3.8) is 0 Å². The monoisotopic (exact) mass is 415 g/mol. The summed E-state index contributed by atoms with van der Waals surface area (Å²) < 4.78 is 75.5. The van der Waals surface area contributed by atoms with Crippen LogP contribution in [0.4, 0.5) is 18.9 Å². The highest BCUT2D eigenvalue weighted by atomic mass is 32.2. The van der Waals surface area contributed by atoms with Gasteiger partial charge in [-0.1, -0.05) is 12.1 Å². The molecule has 2 aromatic rings. The first-order valence-corrected chi connectivity index (χ1v) is 9.19. The van der Waals surface area contributed by atoms with E-state index in [1.54, 1.807) is 6.07 Å². The lowest BCUT2D eigenvalue weighted by molar-refractivity contribution is -0.137. The van der Waals surface area contributed by atoms with Crippen molar-refractivity contribution in [2.24, 2.45) is 0 Å². The van der Waals surface area contributed by atoms with E-state index in [1.807, 2.05) is 0 Å². The first-order chi connectivity index (χ1) is 13.1. The molecule has 0 unspecified atom stereocenters. The van der Waals surface area contributed by atoms with Crippen LogP contribution in [0.5, 0.6) is 5.75 Å². The summed E-state index contributed by atoms with van der Waals surface area (Å²) in [6.07, 6.45) is -2.20. The number of sulfonamides is 1. The number of nitrogens with one attached hydrogen (secondary N) is 1. The summed E-state index contributed by atoms with van der Waals surface area (Å²) in [4.78, 5) is 10.9. The first-order valence-electron chi connectivity index (χ1n) is 7.71. The Labute approximate surface area is 159 Å². The van der Waals surface area contributed by atoms with E-state index in [0.29, 0.717) is 11.6 Å². The molecule has 6 nitrogen and oxygen atoms in total. The molecule has 0 saturated carbocycles. The SMILES string of the molecule is COC(=O)C=Cc1cccc(S(=O)(=O)Nc2cc(C(F)(F)F)ccc2OC)c1. The number of ether oxygens (including phenoxy) is 2. The fraction of sp³-hybridized carbons (Fsp3) is 0.167. The number of hydrogen-bond acceptors (Lipinski definition) is 5. The number of anilines is 1. The second kappa shape index (κ2) is 8.34. The molecule has 0 aliphatic rings. The van der Waals surface area contributed by atoms with Crippen molar-refractivity contribution < 1.29 is 35.9 Å². The van der Waals surface area contributed by atoms with Crippen molar-refractivity contribution in [3.8, 4) is 5.75 Å². The topological polar surface area (TPSA) is 81.7 Å². The van der Waals surface area contributed by atoms with Crippen molar-refractivity contribution in [1.82, 2.24) is 0 Å². The molecule has 0 atom stereocenters. The Bertz CT molecular complexity index is 1000. The number of esters is 1. The minimum absolute atomic E-state index is 0.0710. The molecule has 1 N–H and O–H groups in total. The predicted octanol–water partition coefficient (Wildman–Crippen LogP) is 3.70. The molecule has 0 aromatic heterocycles. The van der Waals surface area contributed by atoms with Crippen molar-refractivity contribution in [3.05, 3.63) is 59.7 Å². The molecule has 28 heavy (non-hydrogen) atoms. The molecule has 2 aromatic carbocycles. The molecule has 0 aliphatic carbocycles. The molecule has 0 spiro atoms. The van der Waals surface area contributed by atoms with Gasteiger partial charge in [0.25, 0.3) is 10.0 Å². The number of carbonyl (C=O) groups is 1. The predicted molar refractivity (Wildman–Crippen MR) is 96.3 cm³/mol. The average molecular weight is 415 g/mol. The molecule has 0 bridgehead atoms. The van der Waals surface area contributed by atoms with E-state index in [0.717, 1.165) is 18.2 Å². The highest BCUT2D eigenvalue weighted by Crippen LogP contribution is 2.35. The van der Waals surface area contributed by atoms with Crippen LogP contribution in [-0.2, 0) is 25.7 Å². The maximum Gasteiger partial charge on any atom is 0.416 e. The van der Waals surface area contributed by atoms with E-state index in [2.05, 4.69) is 9.46 Å². The first kappa shape index (κ1) is 21.3. The number of methoxy groups -OCH3 is 2. The fourth-order valence-corrected chi connectivity index (χ4v) is 3.30. The van der Waals surface area contributed by atoms with E-state index in [1.165, 1.54) is 38.5 Å². The molecule has 0 heterocycles. The van der Waals surface area contributed by atoms with E-state index in [4.69, 9.17) is 4.74 Å². The van der Waals surface area contributed by atoms with Gasteiger partial charge in [0, 0.05) is 6.08 Å². The van der Waals surface area contributed by atoms with Crippen molar-refractivity contribution in [2.75, 3.05) is 18.9 Å². The molecule has 0 radical (unpaired) electrons. The maximum atomic E-state index is 12.9. The Morgan fingerprint density at radius 1 is 1.11 bits per heavy atom. The summed E-state index contributed by atoms with van der Waals surface area (Å²) in [5, 5.41) is 0. The summed E-state index contributed by atoms with van der Waals surface area (Å²) in [6, 6.07) is 7.94. The zero-order valence-electron chi connectivity index (χ0n) is 14.8. The van der Waals surface area contributed by atoms with Gasteiger partial charge in [0.15, 0.2) is 0 Å². The summed E-state index contributed by atoms with van der Waals surface area (Å²) in [7, 11) is -1.82. The summed E-state index contributed by atoms with van der Waals surface area (Å²) in [5.74, 6) is -0.696. The van der Waals surface area contributed by atoms with Crippen molar-refractivity contribution in [2.45, 2.75) is 11.1 Å². The van der Waals surface area contributed by atoms with Crippen LogP contribution in [0.3, 0.4) is 0 Å². The molecular weight excluding hydrogens is 399 g/mol. The van der Waals surface area contributed by atoms with Gasteiger partial charge in [-0.25, -0.2) is 13.2 Å². The summed E-state index contributed by atoms with van der Waals surface area (Å²) in [6.45, 7) is 0. The Hall–Kier alpha value is -3.01. The Morgan fingerprint density at radius 3 is 2.43 bits per heavy atom. The molecule has 10 heteroatoms. The van der Waals surface area contributed by atoms with Gasteiger partial charge in [0.2, 0.25) is 0 Å². The zero-order valence-corrected chi connectivity index (χ0v) is 15.6. The largest absolute Gasteiger partial charge is 0.495 e. The standard InChI is InChI=1S/C18H16F3NO5S/c1-26-16-8-7-13(18(19,20)21)11-15(16)22-28(24,25)14-5-3-4-12(10-14)6-9-17(23)27-2/h3-11,22H,1-2H3. The Morgan fingerprint density at radius 2 is 1.82 bits per heavy atom. The third-order valence-corrected chi connectivity index (χ3v) is 4.92. The lowest BCUT2D eigenvalue weighted by Gasteiger charge is -2.15. The highest BCUT2D eigenvalue weighted by molar-refractivity contribution is 7.92. The number of rotatable bonds is 6. The third kappa shape index (κ3) is 5.26. The third-order valence-electron chi connectivity index (χ3n) is 3.55. The van der Waals surface area contributed by atoms with Crippen LogP contribution in [0.1, 0.15) is 11.1 Å². The van der Waals surface area contributed by atoms with Gasteiger partial charge in [-0.05, 0) is 42.0 Å². The van der Waals surface area contributed by atoms with Gasteiger partial charge in [-0.15, -0.1) is 0 Å². The number of benzene rings is 2. The van der Waals surface area contributed by atoms with Gasteiger partial charge in [-0.2, -0.15) is 13.2 Å². The van der Waals surface area contributed by atoms with Crippen LogP contribution >= 0.6 is 0 Å². The van der Waals surface area contributed by atoms with Crippen LogP contribution in [-0.4, -0.2) is 28.6 Å². The Kier molecular flexibility index (Phi) is 6.34. The fourth-order valence-electron chi connectivity index (χ4n) is 2.19. The maximum absolute atomic E-state index is 12.9. The lowest BCUT2D eigenvalue weighted by atomic mass is 10.2. The molecule has 0 saturated heterocycles. The quantitative estimate of drug-likeness (QED) is 0.575. The van der Waals surface area contributed by atoms with Gasteiger partial charge < -0.3 is 9.47 Å². The highest BCUT2D eigenvalue weighted by Gasteiger charge is 2.31. The summed E-state index contributed by atoms with van der Waals surface area (Å²) >= 11 is 0. The number of hydrogen-bond donors (Lipinski definition) is 1. The van der Waals surface area contributed by atoms with Crippen LogP contribution in [0.25, 0.3) is 6.08 Å². The van der Waals surface area contributed by atoms with E-state index in [-0.39, 0.29) is 16.3 Å².